The number of aliphatic hydroxyl groups excluding tert-OH is 1. The molecule has 25 heavy (non-hydrogen) atoms. The highest BCUT2D eigenvalue weighted by Gasteiger charge is 2.38. The average molecular weight is 343 g/mol. The Hall–Kier alpha value is -3.06. The number of cyclic esters (lactones) is 2. The van der Waals surface area contributed by atoms with Crippen LogP contribution in [0.15, 0.2) is 52.6 Å². The smallest absolute Gasteiger partial charge is 0.350 e. The molecule has 1 fully saturated rings. The standard InChI is InChI=1S/C18H17NO6/c1-18(2)24-16(21)14(17(22)25-18)9-19-12-5-3-4-11(8-12)15-7-6-13(10-20)23-15/h3-9,19-20H,10H2,1-2H3. The van der Waals surface area contributed by atoms with E-state index in [-0.39, 0.29) is 12.2 Å². The van der Waals surface area contributed by atoms with E-state index in [0.29, 0.717) is 17.2 Å². The van der Waals surface area contributed by atoms with Gasteiger partial charge in [-0.1, -0.05) is 12.1 Å². The fourth-order valence-corrected chi connectivity index (χ4v) is 2.31. The third-order valence-corrected chi connectivity index (χ3v) is 3.46. The van der Waals surface area contributed by atoms with Crippen LogP contribution in [0.3, 0.4) is 0 Å². The monoisotopic (exact) mass is 343 g/mol. The molecule has 7 heteroatoms. The summed E-state index contributed by atoms with van der Waals surface area (Å²) in [6, 6.07) is 10.6. The molecule has 2 N–H and O–H groups in total. The molecule has 1 saturated heterocycles. The van der Waals surface area contributed by atoms with Crippen LogP contribution >= 0.6 is 0 Å². The van der Waals surface area contributed by atoms with Crippen LogP contribution in [0.4, 0.5) is 5.69 Å². The van der Waals surface area contributed by atoms with Gasteiger partial charge in [0, 0.05) is 31.3 Å². The lowest BCUT2D eigenvalue weighted by Crippen LogP contribution is -2.42. The zero-order valence-corrected chi connectivity index (χ0v) is 13.7. The number of nitrogens with one attached hydrogen (secondary N) is 1. The molecule has 0 atom stereocenters. The Morgan fingerprint density at radius 2 is 1.84 bits per heavy atom. The number of esters is 2. The van der Waals surface area contributed by atoms with Gasteiger partial charge in [0.05, 0.1) is 0 Å². The summed E-state index contributed by atoms with van der Waals surface area (Å²) >= 11 is 0. The van der Waals surface area contributed by atoms with E-state index >= 15 is 0 Å². The lowest BCUT2D eigenvalue weighted by atomic mass is 10.1. The normalized spacial score (nSPS) is 16.2. The summed E-state index contributed by atoms with van der Waals surface area (Å²) in [5.74, 6) is -1.70. The van der Waals surface area contributed by atoms with Crippen LogP contribution in [0.25, 0.3) is 11.3 Å². The Kier molecular flexibility index (Phi) is 4.33. The second kappa shape index (κ2) is 6.45. The molecule has 0 spiro atoms. The van der Waals surface area contributed by atoms with Gasteiger partial charge in [0.2, 0.25) is 0 Å². The lowest BCUT2D eigenvalue weighted by Gasteiger charge is -2.29. The second-order valence-corrected chi connectivity index (χ2v) is 5.89. The number of hydrogen-bond acceptors (Lipinski definition) is 7. The van der Waals surface area contributed by atoms with Crippen molar-refractivity contribution in [2.24, 2.45) is 0 Å². The molecule has 0 saturated carbocycles. The lowest BCUT2D eigenvalue weighted by molar-refractivity contribution is -0.222. The van der Waals surface area contributed by atoms with Crippen molar-refractivity contribution in [3.63, 3.8) is 0 Å². The molecule has 3 rings (SSSR count). The number of furan rings is 1. The van der Waals surface area contributed by atoms with Crippen molar-refractivity contribution in [2.75, 3.05) is 5.32 Å². The Balaban J connectivity index is 1.78. The van der Waals surface area contributed by atoms with Crippen molar-refractivity contribution < 1.29 is 28.6 Å². The van der Waals surface area contributed by atoms with E-state index in [1.165, 1.54) is 20.0 Å². The third-order valence-electron chi connectivity index (χ3n) is 3.46. The molecule has 0 amide bonds. The first-order valence-corrected chi connectivity index (χ1v) is 7.61. The first kappa shape index (κ1) is 16.8. The minimum absolute atomic E-state index is 0.176. The van der Waals surface area contributed by atoms with Crippen molar-refractivity contribution in [1.82, 2.24) is 0 Å². The maximum Gasteiger partial charge on any atom is 0.350 e. The predicted octanol–water partition coefficient (Wildman–Crippen LogP) is 2.57. The highest BCUT2D eigenvalue weighted by atomic mass is 16.7. The van der Waals surface area contributed by atoms with Crippen LogP contribution in [0.2, 0.25) is 0 Å². The first-order valence-electron chi connectivity index (χ1n) is 7.61. The number of hydrogen-bond donors (Lipinski definition) is 2. The summed E-state index contributed by atoms with van der Waals surface area (Å²) in [7, 11) is 0. The summed E-state index contributed by atoms with van der Waals surface area (Å²) in [5.41, 5.74) is 1.20. The van der Waals surface area contributed by atoms with Crippen molar-refractivity contribution in [3.05, 3.63) is 53.9 Å². The molecule has 7 nitrogen and oxygen atoms in total. The van der Waals surface area contributed by atoms with Gasteiger partial charge in [-0.15, -0.1) is 0 Å². The quantitative estimate of drug-likeness (QED) is 0.500. The van der Waals surface area contributed by atoms with Gasteiger partial charge in [-0.3, -0.25) is 0 Å². The van der Waals surface area contributed by atoms with Gasteiger partial charge in [0.15, 0.2) is 5.57 Å². The number of carbonyl (C=O) groups excluding carboxylic acids is 2. The van der Waals surface area contributed by atoms with Crippen molar-refractivity contribution in [1.29, 1.82) is 0 Å². The molecule has 2 aromatic rings. The van der Waals surface area contributed by atoms with Gasteiger partial charge < -0.3 is 24.3 Å². The second-order valence-electron chi connectivity index (χ2n) is 5.89. The van der Waals surface area contributed by atoms with Gasteiger partial charge in [0.25, 0.3) is 5.79 Å². The molecule has 130 valence electrons. The van der Waals surface area contributed by atoms with E-state index in [4.69, 9.17) is 19.0 Å². The molecule has 1 aromatic carbocycles. The van der Waals surface area contributed by atoms with E-state index < -0.39 is 17.7 Å². The molecule has 2 heterocycles. The molecular formula is C18H17NO6. The average Bonchev–Trinajstić information content (AvgIpc) is 3.02. The molecule has 1 aromatic heterocycles. The van der Waals surface area contributed by atoms with Crippen LogP contribution in [0.5, 0.6) is 0 Å². The van der Waals surface area contributed by atoms with Crippen LogP contribution in [-0.4, -0.2) is 22.8 Å². The molecule has 0 unspecified atom stereocenters. The largest absolute Gasteiger partial charge is 0.459 e. The van der Waals surface area contributed by atoms with E-state index in [1.807, 2.05) is 6.07 Å². The maximum atomic E-state index is 11.9. The fourth-order valence-electron chi connectivity index (χ4n) is 2.31. The molecule has 1 aliphatic heterocycles. The summed E-state index contributed by atoms with van der Waals surface area (Å²) in [6.45, 7) is 2.80. The van der Waals surface area contributed by atoms with Gasteiger partial charge in [-0.05, 0) is 24.3 Å². The topological polar surface area (TPSA) is 98.0 Å². The van der Waals surface area contributed by atoms with E-state index in [9.17, 15) is 9.59 Å². The maximum absolute atomic E-state index is 11.9. The Labute approximate surface area is 143 Å². The molecule has 0 aliphatic carbocycles. The Morgan fingerprint density at radius 1 is 1.12 bits per heavy atom. The Bertz CT molecular complexity index is 827. The van der Waals surface area contributed by atoms with Crippen molar-refractivity contribution in [2.45, 2.75) is 26.2 Å². The van der Waals surface area contributed by atoms with E-state index in [1.54, 1.807) is 30.3 Å². The number of anilines is 1. The zero-order chi connectivity index (χ0) is 18.0. The van der Waals surface area contributed by atoms with Crippen LogP contribution in [0, 0.1) is 0 Å². The number of ether oxygens (including phenoxy) is 2. The minimum atomic E-state index is -1.27. The van der Waals surface area contributed by atoms with E-state index in [2.05, 4.69) is 5.32 Å². The van der Waals surface area contributed by atoms with Gasteiger partial charge in [-0.25, -0.2) is 9.59 Å². The number of rotatable bonds is 4. The first-order chi connectivity index (χ1) is 11.9. The van der Waals surface area contributed by atoms with Gasteiger partial charge in [-0.2, -0.15) is 0 Å². The Morgan fingerprint density at radius 3 is 2.48 bits per heavy atom. The fraction of sp³-hybridized carbons (Fsp3) is 0.222. The SMILES string of the molecule is CC1(C)OC(=O)C(=CNc2cccc(-c3ccc(CO)o3)c2)C(=O)O1. The highest BCUT2D eigenvalue weighted by molar-refractivity contribution is 6.15. The summed E-state index contributed by atoms with van der Waals surface area (Å²) in [4.78, 5) is 23.8. The number of carbonyl (C=O) groups is 2. The van der Waals surface area contributed by atoms with Crippen LogP contribution < -0.4 is 5.32 Å². The van der Waals surface area contributed by atoms with Crippen LogP contribution in [-0.2, 0) is 25.7 Å². The van der Waals surface area contributed by atoms with Crippen molar-refractivity contribution in [3.8, 4) is 11.3 Å². The molecule has 0 bridgehead atoms. The summed E-state index contributed by atoms with van der Waals surface area (Å²) in [5, 5.41) is 11.9. The zero-order valence-electron chi connectivity index (χ0n) is 13.7. The van der Waals surface area contributed by atoms with Crippen LogP contribution in [0.1, 0.15) is 19.6 Å². The van der Waals surface area contributed by atoms with Crippen molar-refractivity contribution >= 4 is 17.6 Å². The predicted molar refractivity (Wildman–Crippen MR) is 88.0 cm³/mol. The van der Waals surface area contributed by atoms with Gasteiger partial charge in [0.1, 0.15) is 18.1 Å². The van der Waals surface area contributed by atoms with E-state index in [0.717, 1.165) is 5.56 Å². The number of benzene rings is 1. The molecular weight excluding hydrogens is 326 g/mol. The molecule has 1 aliphatic rings. The summed E-state index contributed by atoms with van der Waals surface area (Å²) < 4.78 is 15.5. The van der Waals surface area contributed by atoms with Gasteiger partial charge >= 0.3 is 11.9 Å². The minimum Gasteiger partial charge on any atom is -0.459 e. The third kappa shape index (κ3) is 3.72. The number of aliphatic hydroxyl groups is 1. The molecule has 0 radical (unpaired) electrons. The highest BCUT2D eigenvalue weighted by Crippen LogP contribution is 2.26. The summed E-state index contributed by atoms with van der Waals surface area (Å²) in [6.07, 6.45) is 1.25.